The first-order chi connectivity index (χ1) is 38.6. The van der Waals surface area contributed by atoms with Crippen molar-refractivity contribution in [3.63, 3.8) is 0 Å². The van der Waals surface area contributed by atoms with E-state index in [2.05, 4.69) is 42.5 Å². The fraction of sp³-hybridized carbons (Fsp3) is 0.620. The summed E-state index contributed by atoms with van der Waals surface area (Å²) in [6.07, 6.45) is -2.13. The molecule has 0 saturated carbocycles. The van der Waals surface area contributed by atoms with Crippen molar-refractivity contribution in [1.29, 1.82) is 0 Å². The van der Waals surface area contributed by atoms with Gasteiger partial charge in [-0.25, -0.2) is 4.79 Å². The summed E-state index contributed by atoms with van der Waals surface area (Å²) in [6.45, 7) is 1.68. The number of phenolic OH excluding ortho intramolecular Hbond substituents is 1. The van der Waals surface area contributed by atoms with Crippen LogP contribution in [0.5, 0.6) is 5.75 Å². The lowest BCUT2D eigenvalue weighted by molar-refractivity contribution is -0.145. The number of nitrogens with two attached hydrogens (primary N) is 6. The van der Waals surface area contributed by atoms with Gasteiger partial charge in [0.25, 0.3) is 0 Å². The van der Waals surface area contributed by atoms with E-state index in [1.54, 1.807) is 0 Å². The number of benzene rings is 1. The quantitative estimate of drug-likeness (QED) is 0.0274. The third kappa shape index (κ3) is 24.3. The summed E-state index contributed by atoms with van der Waals surface area (Å²) >= 11 is 0. The van der Waals surface area contributed by atoms with Crippen molar-refractivity contribution < 1.29 is 82.8 Å². The van der Waals surface area contributed by atoms with Crippen molar-refractivity contribution in [3.05, 3.63) is 29.8 Å². The van der Waals surface area contributed by atoms with Crippen LogP contribution in [0, 0.1) is 0 Å². The molecule has 458 valence electrons. The van der Waals surface area contributed by atoms with Gasteiger partial charge in [0.05, 0.1) is 25.2 Å². The molecular weight excluding hydrogens is 1080 g/mol. The van der Waals surface area contributed by atoms with Crippen LogP contribution in [0.1, 0.15) is 103 Å². The molecule has 24 N–H and O–H groups in total. The van der Waals surface area contributed by atoms with E-state index >= 15 is 0 Å². The number of amides is 12. The van der Waals surface area contributed by atoms with E-state index in [-0.39, 0.29) is 70.3 Å². The van der Waals surface area contributed by atoms with Crippen molar-refractivity contribution in [2.75, 3.05) is 26.2 Å². The number of likely N-dealkylation sites (tertiary alicyclic amines) is 1. The number of nitrogens with zero attached hydrogens (tertiary/aromatic N) is 1. The van der Waals surface area contributed by atoms with Crippen LogP contribution in [0.25, 0.3) is 0 Å². The standard InChI is InChI=1S/C50H81N15O17/c1-25(57-43(74)30(8-3-5-19-51)59-44(75)31(9-4-6-20-52)58-42(73)29(53)15-17-37(54)69)41(72)61-33(22-27-11-13-28(68)14-12-27)46(77)64-40(26(2)67)48(79)63-35(24-66)49(80)65-21-7-10-36(65)47(78)60-32(16-18-38(55)70)45(76)62-34(50(81)82)23-39(56)71/h11-14,25-26,29-36,40,66-68H,3-10,15-24,51-53H2,1-2H3,(H2,54,69)(H2,55,70)(H2,56,71)(H,57,74)(H,58,73)(H,59,75)(H,60,78)(H,61,72)(H,62,76)(H,63,79)(H,64,77)(H,81,82)/t25-,26+,29-,30-,31-,32-,33-,34-,35-,36-,40-/m0/s1. The molecule has 1 aromatic rings. The van der Waals surface area contributed by atoms with Gasteiger partial charge in [0.15, 0.2) is 0 Å². The highest BCUT2D eigenvalue weighted by Crippen LogP contribution is 2.20. The second-order valence-corrected chi connectivity index (χ2v) is 19.8. The molecule has 1 heterocycles. The molecule has 0 aromatic heterocycles. The summed E-state index contributed by atoms with van der Waals surface area (Å²) in [4.78, 5) is 170. The highest BCUT2D eigenvalue weighted by atomic mass is 16.4. The number of aliphatic hydroxyl groups is 2. The number of carbonyl (C=O) groups is 13. The van der Waals surface area contributed by atoms with E-state index in [0.29, 0.717) is 31.2 Å². The molecular formula is C50H81N15O17. The van der Waals surface area contributed by atoms with E-state index in [4.69, 9.17) is 34.4 Å². The van der Waals surface area contributed by atoms with Gasteiger partial charge in [-0.15, -0.1) is 0 Å². The van der Waals surface area contributed by atoms with Crippen molar-refractivity contribution >= 4 is 76.9 Å². The number of aliphatic carboxylic acids is 1. The van der Waals surface area contributed by atoms with Gasteiger partial charge in [0.1, 0.15) is 60.1 Å². The van der Waals surface area contributed by atoms with Gasteiger partial charge in [-0.3, -0.25) is 57.5 Å². The maximum atomic E-state index is 14.2. The Hall–Kier alpha value is -8.07. The first-order valence-electron chi connectivity index (χ1n) is 26.7. The minimum atomic E-state index is -1.90. The summed E-state index contributed by atoms with van der Waals surface area (Å²) in [7, 11) is 0. The largest absolute Gasteiger partial charge is 0.508 e. The molecule has 0 aliphatic carbocycles. The zero-order valence-electron chi connectivity index (χ0n) is 45.9. The molecule has 1 aliphatic heterocycles. The van der Waals surface area contributed by atoms with E-state index in [0.717, 1.165) is 11.8 Å². The number of aromatic hydroxyl groups is 1. The van der Waals surface area contributed by atoms with Crippen LogP contribution in [0.2, 0.25) is 0 Å². The van der Waals surface area contributed by atoms with Crippen LogP contribution in [0.3, 0.4) is 0 Å². The minimum absolute atomic E-state index is 0.0160. The van der Waals surface area contributed by atoms with Crippen LogP contribution in [-0.4, -0.2) is 195 Å². The lowest BCUT2D eigenvalue weighted by Gasteiger charge is -2.31. The molecule has 11 atom stereocenters. The SMILES string of the molecule is C[C@H](NC(=O)[C@H](CCCCN)NC(=O)[C@H](CCCCN)NC(=O)[C@@H](N)CCC(N)=O)C(=O)N[C@@H](Cc1ccc(O)cc1)C(=O)N[C@H](C(=O)N[C@@H](CO)C(=O)N1CCC[C@H]1C(=O)N[C@@H](CCC(N)=O)C(=O)N[C@@H](CC(N)=O)C(=O)O)[C@@H](C)O. The van der Waals surface area contributed by atoms with Gasteiger partial charge < -0.3 is 102 Å². The molecule has 1 aliphatic rings. The molecule has 1 aromatic carbocycles. The lowest BCUT2D eigenvalue weighted by atomic mass is 10.0. The minimum Gasteiger partial charge on any atom is -0.508 e. The smallest absolute Gasteiger partial charge is 0.326 e. The van der Waals surface area contributed by atoms with Gasteiger partial charge >= 0.3 is 5.97 Å². The Morgan fingerprint density at radius 1 is 0.585 bits per heavy atom. The highest BCUT2D eigenvalue weighted by Gasteiger charge is 2.41. The first-order valence-corrected chi connectivity index (χ1v) is 26.7. The maximum Gasteiger partial charge on any atom is 0.326 e. The first kappa shape index (κ1) is 70.0. The fourth-order valence-electron chi connectivity index (χ4n) is 8.36. The van der Waals surface area contributed by atoms with Crippen molar-refractivity contribution in [2.24, 2.45) is 34.4 Å². The number of primary amides is 3. The van der Waals surface area contributed by atoms with E-state index < -0.39 is 169 Å². The Morgan fingerprint density at radius 3 is 1.59 bits per heavy atom. The lowest BCUT2D eigenvalue weighted by Crippen LogP contribution is -2.62. The third-order valence-electron chi connectivity index (χ3n) is 13.0. The van der Waals surface area contributed by atoms with Gasteiger partial charge in [0.2, 0.25) is 70.9 Å². The maximum absolute atomic E-state index is 14.2. The van der Waals surface area contributed by atoms with E-state index in [1.165, 1.54) is 31.2 Å². The second kappa shape index (κ2) is 35.6. The van der Waals surface area contributed by atoms with E-state index in [1.807, 2.05) is 0 Å². The van der Waals surface area contributed by atoms with Gasteiger partial charge in [-0.05, 0) is 109 Å². The number of carbonyl (C=O) groups excluding carboxylic acids is 12. The molecule has 0 bridgehead atoms. The average Bonchev–Trinajstić information content (AvgIpc) is 3.93. The number of nitrogens with one attached hydrogen (secondary N) is 8. The predicted octanol–water partition coefficient (Wildman–Crippen LogP) is -7.73. The molecule has 1 saturated heterocycles. The Kier molecular flexibility index (Phi) is 30.4. The number of rotatable bonds is 38. The molecule has 1 fully saturated rings. The Balaban J connectivity index is 2.34. The van der Waals surface area contributed by atoms with Gasteiger partial charge in [-0.2, -0.15) is 0 Å². The predicted molar refractivity (Wildman–Crippen MR) is 289 cm³/mol. The Labute approximate surface area is 472 Å². The van der Waals surface area contributed by atoms with Gasteiger partial charge in [0, 0.05) is 25.8 Å². The summed E-state index contributed by atoms with van der Waals surface area (Å²) in [6, 6.07) is -9.80. The Morgan fingerprint density at radius 2 is 1.07 bits per heavy atom. The summed E-state index contributed by atoms with van der Waals surface area (Å²) in [5, 5.41) is 59.8. The number of aliphatic hydroxyl groups excluding tert-OH is 2. The number of unbranched alkanes of at least 4 members (excludes halogenated alkanes) is 2. The number of carboxylic acids is 1. The van der Waals surface area contributed by atoms with E-state index in [9.17, 15) is 82.8 Å². The topological polar surface area (TPSA) is 558 Å². The van der Waals surface area contributed by atoms with Crippen LogP contribution in [0.15, 0.2) is 24.3 Å². The van der Waals surface area contributed by atoms with Crippen LogP contribution in [-0.2, 0) is 68.7 Å². The van der Waals surface area contributed by atoms with Crippen LogP contribution < -0.4 is 76.9 Å². The number of hydrogen-bond acceptors (Lipinski definition) is 19. The summed E-state index contributed by atoms with van der Waals surface area (Å²) in [5.74, 6) is -13.2. The summed E-state index contributed by atoms with van der Waals surface area (Å²) < 4.78 is 0. The monoisotopic (exact) mass is 1160 g/mol. The van der Waals surface area contributed by atoms with Gasteiger partial charge in [-0.1, -0.05) is 12.1 Å². The average molecular weight is 1160 g/mol. The molecule has 12 amide bonds. The van der Waals surface area contributed by atoms with Crippen molar-refractivity contribution in [2.45, 2.75) is 170 Å². The third-order valence-corrected chi connectivity index (χ3v) is 13.0. The zero-order valence-corrected chi connectivity index (χ0v) is 45.9. The number of hydrogen-bond donors (Lipinski definition) is 18. The second-order valence-electron chi connectivity index (χ2n) is 19.8. The Bertz CT molecular complexity index is 2400. The van der Waals surface area contributed by atoms with Crippen LogP contribution in [0.4, 0.5) is 0 Å². The zero-order chi connectivity index (χ0) is 61.8. The normalized spacial score (nSPS) is 16.6. The summed E-state index contributed by atoms with van der Waals surface area (Å²) in [5.41, 5.74) is 33.1. The number of carboxylic acid groups (broad SMARTS) is 1. The number of phenols is 1. The molecule has 82 heavy (non-hydrogen) atoms. The molecule has 2 rings (SSSR count). The molecule has 32 nitrogen and oxygen atoms in total. The van der Waals surface area contributed by atoms with Crippen LogP contribution >= 0.6 is 0 Å². The molecule has 32 heteroatoms. The molecule has 0 unspecified atom stereocenters. The molecule has 0 radical (unpaired) electrons. The molecule has 0 spiro atoms. The highest BCUT2D eigenvalue weighted by molar-refractivity contribution is 5.99. The van der Waals surface area contributed by atoms with Crippen molar-refractivity contribution in [3.8, 4) is 5.75 Å². The van der Waals surface area contributed by atoms with Crippen molar-refractivity contribution in [1.82, 2.24) is 47.4 Å². The fourth-order valence-corrected chi connectivity index (χ4v) is 8.36.